The number of rotatable bonds is 5. The van der Waals surface area contributed by atoms with Gasteiger partial charge in [-0.3, -0.25) is 0 Å². The molecule has 0 aliphatic rings. The number of para-hydroxylation sites is 1. The van der Waals surface area contributed by atoms with Gasteiger partial charge in [0.2, 0.25) is 0 Å². The number of benzene rings is 2. The lowest BCUT2D eigenvalue weighted by molar-refractivity contribution is 0.272. The zero-order valence-electron chi connectivity index (χ0n) is 11.3. The summed E-state index contributed by atoms with van der Waals surface area (Å²) in [6, 6.07) is 17.4. The minimum absolute atomic E-state index is 0.485. The van der Waals surface area contributed by atoms with Gasteiger partial charge in [0.25, 0.3) is 0 Å². The predicted octanol–water partition coefficient (Wildman–Crippen LogP) is 5.14. The monoisotopic (exact) mass is 254 g/mol. The number of nitrogens with zero attached hydrogens (tertiary/aromatic N) is 2. The van der Waals surface area contributed by atoms with Crippen molar-refractivity contribution in [3.8, 4) is 5.75 Å². The van der Waals surface area contributed by atoms with Crippen LogP contribution in [-0.2, 0) is 0 Å². The third kappa shape index (κ3) is 4.21. The average Bonchev–Trinajstić information content (AvgIpc) is 2.45. The van der Waals surface area contributed by atoms with Gasteiger partial charge < -0.3 is 4.74 Å². The van der Waals surface area contributed by atoms with Crippen LogP contribution in [0.15, 0.2) is 64.8 Å². The van der Waals surface area contributed by atoms with Crippen LogP contribution in [0.3, 0.4) is 0 Å². The van der Waals surface area contributed by atoms with Gasteiger partial charge in [-0.2, -0.15) is 5.11 Å². The fourth-order valence-corrected chi connectivity index (χ4v) is 1.52. The second-order valence-corrected chi connectivity index (χ2v) is 4.71. The number of hydrogen-bond donors (Lipinski definition) is 0. The van der Waals surface area contributed by atoms with Crippen molar-refractivity contribution in [2.45, 2.75) is 13.8 Å². The van der Waals surface area contributed by atoms with E-state index in [1.54, 1.807) is 0 Å². The first kappa shape index (κ1) is 13.3. The highest BCUT2D eigenvalue weighted by Crippen LogP contribution is 2.28. The third-order valence-electron chi connectivity index (χ3n) is 2.47. The molecule has 19 heavy (non-hydrogen) atoms. The maximum absolute atomic E-state index is 5.73. The van der Waals surface area contributed by atoms with E-state index < -0.39 is 0 Å². The van der Waals surface area contributed by atoms with Crippen LogP contribution in [0.4, 0.5) is 11.4 Å². The van der Waals surface area contributed by atoms with Crippen LogP contribution in [0.2, 0.25) is 0 Å². The van der Waals surface area contributed by atoms with Crippen molar-refractivity contribution in [2.24, 2.45) is 16.1 Å². The lowest BCUT2D eigenvalue weighted by Crippen LogP contribution is -2.04. The van der Waals surface area contributed by atoms with Gasteiger partial charge >= 0.3 is 0 Å². The minimum Gasteiger partial charge on any atom is -0.491 e. The predicted molar refractivity (Wildman–Crippen MR) is 77.4 cm³/mol. The van der Waals surface area contributed by atoms with Gasteiger partial charge in [-0.1, -0.05) is 44.2 Å². The van der Waals surface area contributed by atoms with Crippen molar-refractivity contribution in [3.05, 3.63) is 54.6 Å². The van der Waals surface area contributed by atoms with Gasteiger partial charge in [0.15, 0.2) is 0 Å². The zero-order chi connectivity index (χ0) is 13.5. The molecule has 0 atom stereocenters. The molecule has 2 rings (SSSR count). The Balaban J connectivity index is 2.13. The van der Waals surface area contributed by atoms with E-state index in [1.165, 1.54) is 0 Å². The molecule has 3 heteroatoms. The van der Waals surface area contributed by atoms with Crippen molar-refractivity contribution >= 4 is 11.4 Å². The van der Waals surface area contributed by atoms with Crippen LogP contribution in [0.25, 0.3) is 0 Å². The molecule has 3 nitrogen and oxygen atoms in total. The standard InChI is InChI=1S/C16H18N2O/c1-13(2)12-19-16-11-7-6-10-15(16)18-17-14-8-4-3-5-9-14/h3-11,13H,12H2,1-2H3. The Morgan fingerprint density at radius 2 is 1.58 bits per heavy atom. The van der Waals surface area contributed by atoms with Gasteiger partial charge in [0.1, 0.15) is 11.4 Å². The zero-order valence-corrected chi connectivity index (χ0v) is 11.3. The van der Waals surface area contributed by atoms with Crippen LogP contribution < -0.4 is 4.74 Å². The van der Waals surface area contributed by atoms with Gasteiger partial charge in [-0.15, -0.1) is 5.11 Å². The van der Waals surface area contributed by atoms with Gasteiger partial charge in [-0.05, 0) is 30.2 Å². The molecule has 98 valence electrons. The van der Waals surface area contributed by atoms with E-state index in [0.29, 0.717) is 12.5 Å². The van der Waals surface area contributed by atoms with Crippen molar-refractivity contribution in [1.29, 1.82) is 0 Å². The summed E-state index contributed by atoms with van der Waals surface area (Å²) < 4.78 is 5.73. The largest absolute Gasteiger partial charge is 0.491 e. The summed E-state index contributed by atoms with van der Waals surface area (Å²) in [6.45, 7) is 4.92. The molecule has 0 unspecified atom stereocenters. The van der Waals surface area contributed by atoms with E-state index in [9.17, 15) is 0 Å². The number of ether oxygens (including phenoxy) is 1. The van der Waals surface area contributed by atoms with Gasteiger partial charge in [0, 0.05) is 0 Å². The SMILES string of the molecule is CC(C)COc1ccccc1N=Nc1ccccc1. The summed E-state index contributed by atoms with van der Waals surface area (Å²) in [5.74, 6) is 1.26. The second kappa shape index (κ2) is 6.69. The first-order valence-corrected chi connectivity index (χ1v) is 6.44. The maximum Gasteiger partial charge on any atom is 0.146 e. The lowest BCUT2D eigenvalue weighted by Gasteiger charge is -2.09. The molecule has 0 aliphatic heterocycles. The first-order valence-electron chi connectivity index (χ1n) is 6.44. The van der Waals surface area contributed by atoms with Crippen LogP contribution in [-0.4, -0.2) is 6.61 Å². The van der Waals surface area contributed by atoms with Crippen LogP contribution in [0.1, 0.15) is 13.8 Å². The normalized spacial score (nSPS) is 11.1. The molecule has 2 aromatic rings. The van der Waals surface area contributed by atoms with E-state index >= 15 is 0 Å². The van der Waals surface area contributed by atoms with E-state index in [-0.39, 0.29) is 0 Å². The highest BCUT2D eigenvalue weighted by Gasteiger charge is 2.03. The maximum atomic E-state index is 5.73. The molecule has 0 spiro atoms. The summed E-state index contributed by atoms with van der Waals surface area (Å²) in [4.78, 5) is 0. The Kier molecular flexibility index (Phi) is 4.67. The Morgan fingerprint density at radius 1 is 0.895 bits per heavy atom. The molecule has 0 radical (unpaired) electrons. The van der Waals surface area contributed by atoms with Gasteiger partial charge in [-0.25, -0.2) is 0 Å². The van der Waals surface area contributed by atoms with Crippen molar-refractivity contribution in [1.82, 2.24) is 0 Å². The third-order valence-corrected chi connectivity index (χ3v) is 2.47. The molecule has 0 aromatic heterocycles. The Labute approximate surface area is 114 Å². The first-order chi connectivity index (χ1) is 9.25. The Hall–Kier alpha value is -2.16. The van der Waals surface area contributed by atoms with E-state index in [4.69, 9.17) is 4.74 Å². The van der Waals surface area contributed by atoms with Crippen LogP contribution in [0, 0.1) is 5.92 Å². The topological polar surface area (TPSA) is 34.0 Å². The molecule has 0 fully saturated rings. The molecule has 0 amide bonds. The Morgan fingerprint density at radius 3 is 2.32 bits per heavy atom. The number of azo groups is 1. The summed E-state index contributed by atoms with van der Waals surface area (Å²) in [5, 5.41) is 8.46. The summed E-state index contributed by atoms with van der Waals surface area (Å²) in [5.41, 5.74) is 1.59. The van der Waals surface area contributed by atoms with E-state index in [1.807, 2.05) is 54.6 Å². The molecule has 0 heterocycles. The quantitative estimate of drug-likeness (QED) is 0.680. The van der Waals surface area contributed by atoms with Crippen LogP contribution >= 0.6 is 0 Å². The molecular weight excluding hydrogens is 236 g/mol. The lowest BCUT2D eigenvalue weighted by atomic mass is 10.2. The van der Waals surface area contributed by atoms with Crippen LogP contribution in [0.5, 0.6) is 5.75 Å². The average molecular weight is 254 g/mol. The molecule has 0 saturated carbocycles. The molecule has 0 N–H and O–H groups in total. The fraction of sp³-hybridized carbons (Fsp3) is 0.250. The van der Waals surface area contributed by atoms with Crippen molar-refractivity contribution in [3.63, 3.8) is 0 Å². The second-order valence-electron chi connectivity index (χ2n) is 4.71. The van der Waals surface area contributed by atoms with Crippen molar-refractivity contribution < 1.29 is 4.74 Å². The van der Waals surface area contributed by atoms with E-state index in [0.717, 1.165) is 17.1 Å². The summed E-state index contributed by atoms with van der Waals surface area (Å²) in [7, 11) is 0. The molecule has 0 aliphatic carbocycles. The summed E-state index contributed by atoms with van der Waals surface area (Å²) >= 11 is 0. The molecule has 2 aromatic carbocycles. The van der Waals surface area contributed by atoms with Crippen molar-refractivity contribution in [2.75, 3.05) is 6.61 Å². The minimum atomic E-state index is 0.485. The van der Waals surface area contributed by atoms with Gasteiger partial charge in [0.05, 0.1) is 12.3 Å². The number of hydrogen-bond acceptors (Lipinski definition) is 3. The highest BCUT2D eigenvalue weighted by molar-refractivity contribution is 5.51. The van der Waals surface area contributed by atoms with E-state index in [2.05, 4.69) is 24.1 Å². The molecule has 0 bridgehead atoms. The Bertz CT molecular complexity index is 535. The highest BCUT2D eigenvalue weighted by atomic mass is 16.5. The smallest absolute Gasteiger partial charge is 0.146 e. The molecular formula is C16H18N2O. The summed E-state index contributed by atoms with van der Waals surface area (Å²) in [6.07, 6.45) is 0. The molecule has 0 saturated heterocycles. The fourth-order valence-electron chi connectivity index (χ4n) is 1.52.